The Labute approximate surface area is 141 Å². The summed E-state index contributed by atoms with van der Waals surface area (Å²) in [5, 5.41) is 0. The van der Waals surface area contributed by atoms with Gasteiger partial charge in [0.15, 0.2) is 6.61 Å². The maximum absolute atomic E-state index is 11.9. The molecule has 0 fully saturated rings. The second-order valence-electron chi connectivity index (χ2n) is 5.41. The first-order chi connectivity index (χ1) is 11.5. The Morgan fingerprint density at radius 2 is 1.62 bits per heavy atom. The van der Waals surface area contributed by atoms with E-state index in [0.29, 0.717) is 17.9 Å². The van der Waals surface area contributed by atoms with E-state index in [1.165, 1.54) is 0 Å². The molecule has 0 aliphatic carbocycles. The lowest BCUT2D eigenvalue weighted by Gasteiger charge is -2.09. The molecule has 2 rings (SSSR count). The van der Waals surface area contributed by atoms with Crippen LogP contribution in [0.1, 0.15) is 29.8 Å². The highest BCUT2D eigenvalue weighted by atomic mass is 16.6. The van der Waals surface area contributed by atoms with Gasteiger partial charge >= 0.3 is 11.9 Å². The number of benzene rings is 2. The summed E-state index contributed by atoms with van der Waals surface area (Å²) >= 11 is 0. The van der Waals surface area contributed by atoms with E-state index >= 15 is 0 Å². The second kappa shape index (κ2) is 8.72. The van der Waals surface area contributed by atoms with Crippen LogP contribution >= 0.6 is 0 Å². The molecule has 0 saturated carbocycles. The largest absolute Gasteiger partial charge is 0.489 e. The van der Waals surface area contributed by atoms with Gasteiger partial charge in [0.25, 0.3) is 0 Å². The summed E-state index contributed by atoms with van der Waals surface area (Å²) < 4.78 is 15.4. The van der Waals surface area contributed by atoms with E-state index in [4.69, 9.17) is 14.2 Å². The standard InChI is InChI=1S/C19H20O5/c1-14(2)24-18(20)13-23-19(21)16-8-10-17(11-9-16)22-12-15-6-4-3-5-7-15/h3-11,14H,12-13H2,1-2H3. The molecule has 24 heavy (non-hydrogen) atoms. The zero-order valence-electron chi connectivity index (χ0n) is 13.7. The fraction of sp³-hybridized carbons (Fsp3) is 0.263. The number of rotatable bonds is 7. The molecule has 0 radical (unpaired) electrons. The summed E-state index contributed by atoms with van der Waals surface area (Å²) in [6.07, 6.45) is -0.239. The Morgan fingerprint density at radius 3 is 2.25 bits per heavy atom. The van der Waals surface area contributed by atoms with Gasteiger partial charge in [0.1, 0.15) is 12.4 Å². The van der Waals surface area contributed by atoms with E-state index in [9.17, 15) is 9.59 Å². The SMILES string of the molecule is CC(C)OC(=O)COC(=O)c1ccc(OCc2ccccc2)cc1. The average Bonchev–Trinajstić information content (AvgIpc) is 2.58. The Morgan fingerprint density at radius 1 is 0.958 bits per heavy atom. The molecular weight excluding hydrogens is 308 g/mol. The molecule has 0 aliphatic rings. The average molecular weight is 328 g/mol. The topological polar surface area (TPSA) is 61.8 Å². The third kappa shape index (κ3) is 5.76. The van der Waals surface area contributed by atoms with Crippen LogP contribution in [0, 0.1) is 0 Å². The third-order valence-corrected chi connectivity index (χ3v) is 3.03. The molecule has 0 aliphatic heterocycles. The Balaban J connectivity index is 1.82. The van der Waals surface area contributed by atoms with Crippen molar-refractivity contribution in [3.63, 3.8) is 0 Å². The number of ether oxygens (including phenoxy) is 3. The predicted octanol–water partition coefficient (Wildman–Crippen LogP) is 3.37. The van der Waals surface area contributed by atoms with Crippen LogP contribution in [-0.4, -0.2) is 24.6 Å². The normalized spacial score (nSPS) is 10.3. The maximum Gasteiger partial charge on any atom is 0.344 e. The van der Waals surface area contributed by atoms with Gasteiger partial charge in [0.2, 0.25) is 0 Å². The van der Waals surface area contributed by atoms with Gasteiger partial charge in [0, 0.05) is 0 Å². The van der Waals surface area contributed by atoms with Gasteiger partial charge in [-0.15, -0.1) is 0 Å². The number of carbonyl (C=O) groups excluding carboxylic acids is 2. The predicted molar refractivity (Wildman–Crippen MR) is 88.7 cm³/mol. The van der Waals surface area contributed by atoms with Crippen molar-refractivity contribution in [2.45, 2.75) is 26.6 Å². The van der Waals surface area contributed by atoms with Gasteiger partial charge in [-0.1, -0.05) is 30.3 Å². The molecule has 2 aromatic carbocycles. The smallest absolute Gasteiger partial charge is 0.344 e. The fourth-order valence-corrected chi connectivity index (χ4v) is 1.93. The summed E-state index contributed by atoms with van der Waals surface area (Å²) in [5.41, 5.74) is 1.41. The first kappa shape index (κ1) is 17.5. The van der Waals surface area contributed by atoms with Gasteiger partial charge in [0.05, 0.1) is 11.7 Å². The summed E-state index contributed by atoms with van der Waals surface area (Å²) in [7, 11) is 0. The van der Waals surface area contributed by atoms with Crippen molar-refractivity contribution in [3.8, 4) is 5.75 Å². The number of hydrogen-bond acceptors (Lipinski definition) is 5. The molecule has 0 amide bonds. The van der Waals surface area contributed by atoms with E-state index in [0.717, 1.165) is 5.56 Å². The van der Waals surface area contributed by atoms with Crippen LogP contribution in [0.4, 0.5) is 0 Å². The maximum atomic E-state index is 11.9. The van der Waals surface area contributed by atoms with Gasteiger partial charge in [-0.2, -0.15) is 0 Å². The second-order valence-corrected chi connectivity index (χ2v) is 5.41. The molecule has 0 aromatic heterocycles. The molecular formula is C19H20O5. The molecule has 0 unspecified atom stereocenters. The third-order valence-electron chi connectivity index (χ3n) is 3.03. The number of hydrogen-bond donors (Lipinski definition) is 0. The zero-order valence-corrected chi connectivity index (χ0v) is 13.7. The lowest BCUT2D eigenvalue weighted by molar-refractivity contribution is -0.150. The monoisotopic (exact) mass is 328 g/mol. The minimum atomic E-state index is -0.578. The molecule has 5 heteroatoms. The summed E-state index contributed by atoms with van der Waals surface area (Å²) in [4.78, 5) is 23.2. The van der Waals surface area contributed by atoms with Crippen LogP contribution in [0.3, 0.4) is 0 Å². The van der Waals surface area contributed by atoms with Crippen molar-refractivity contribution in [1.29, 1.82) is 0 Å². The Hall–Kier alpha value is -2.82. The fourth-order valence-electron chi connectivity index (χ4n) is 1.93. The molecule has 0 bridgehead atoms. The minimum absolute atomic E-state index is 0.239. The molecule has 0 spiro atoms. The van der Waals surface area contributed by atoms with Crippen molar-refractivity contribution in [1.82, 2.24) is 0 Å². The van der Waals surface area contributed by atoms with Gasteiger partial charge in [-0.25, -0.2) is 9.59 Å². The van der Waals surface area contributed by atoms with E-state index < -0.39 is 18.5 Å². The first-order valence-electron chi connectivity index (χ1n) is 7.68. The van der Waals surface area contributed by atoms with Crippen molar-refractivity contribution >= 4 is 11.9 Å². The molecule has 126 valence electrons. The Bertz CT molecular complexity index is 662. The van der Waals surface area contributed by atoms with Crippen molar-refractivity contribution < 1.29 is 23.8 Å². The minimum Gasteiger partial charge on any atom is -0.489 e. The van der Waals surface area contributed by atoms with E-state index in [-0.39, 0.29) is 6.10 Å². The van der Waals surface area contributed by atoms with Gasteiger partial charge in [-0.05, 0) is 43.7 Å². The zero-order chi connectivity index (χ0) is 17.4. The highest BCUT2D eigenvalue weighted by molar-refractivity contribution is 5.90. The molecule has 5 nitrogen and oxygen atoms in total. The highest BCUT2D eigenvalue weighted by Gasteiger charge is 2.12. The number of esters is 2. The molecule has 0 atom stereocenters. The van der Waals surface area contributed by atoms with Crippen LogP contribution in [0.2, 0.25) is 0 Å². The summed E-state index contributed by atoms with van der Waals surface area (Å²) in [6, 6.07) is 16.3. The summed E-state index contributed by atoms with van der Waals surface area (Å²) in [5.74, 6) is -0.499. The van der Waals surface area contributed by atoms with E-state index in [1.807, 2.05) is 30.3 Å². The van der Waals surface area contributed by atoms with E-state index in [1.54, 1.807) is 38.1 Å². The van der Waals surface area contributed by atoms with Crippen molar-refractivity contribution in [2.75, 3.05) is 6.61 Å². The van der Waals surface area contributed by atoms with Crippen LogP contribution < -0.4 is 4.74 Å². The highest BCUT2D eigenvalue weighted by Crippen LogP contribution is 2.15. The number of carbonyl (C=O) groups is 2. The lowest BCUT2D eigenvalue weighted by Crippen LogP contribution is -2.19. The first-order valence-corrected chi connectivity index (χ1v) is 7.68. The Kier molecular flexibility index (Phi) is 6.37. The molecule has 0 heterocycles. The van der Waals surface area contributed by atoms with Crippen LogP contribution in [0.15, 0.2) is 54.6 Å². The van der Waals surface area contributed by atoms with Crippen molar-refractivity contribution in [3.05, 3.63) is 65.7 Å². The lowest BCUT2D eigenvalue weighted by atomic mass is 10.2. The van der Waals surface area contributed by atoms with E-state index in [2.05, 4.69) is 0 Å². The summed E-state index contributed by atoms with van der Waals surface area (Å²) in [6.45, 7) is 3.51. The van der Waals surface area contributed by atoms with Crippen LogP contribution in [0.5, 0.6) is 5.75 Å². The van der Waals surface area contributed by atoms with Gasteiger partial charge < -0.3 is 14.2 Å². The molecule has 2 aromatic rings. The molecule has 0 N–H and O–H groups in total. The van der Waals surface area contributed by atoms with Crippen LogP contribution in [-0.2, 0) is 20.9 Å². The van der Waals surface area contributed by atoms with Crippen molar-refractivity contribution in [2.24, 2.45) is 0 Å². The quantitative estimate of drug-likeness (QED) is 0.729. The van der Waals surface area contributed by atoms with Gasteiger partial charge in [-0.3, -0.25) is 0 Å². The van der Waals surface area contributed by atoms with Crippen LogP contribution in [0.25, 0.3) is 0 Å². The molecule has 0 saturated heterocycles.